The van der Waals surface area contributed by atoms with Crippen LogP contribution in [0, 0.1) is 12.3 Å². The molecule has 1 rings (SSSR count). The molecule has 1 atom stereocenters. The number of pyridine rings is 1. The van der Waals surface area contributed by atoms with E-state index in [2.05, 4.69) is 16.2 Å². The molecule has 0 aliphatic carbocycles. The molecule has 0 aliphatic rings. The second kappa shape index (κ2) is 5.13. The minimum atomic E-state index is 0.0228. The standard InChI is InChI=1S/C11H14N2O/c1-4-9(5-2)12-10-7-6-8-11(13-10)14-3/h1,6-9H,5H2,2-3H3,(H,12,13). The lowest BCUT2D eigenvalue weighted by Gasteiger charge is -2.11. The molecule has 1 heterocycles. The Hall–Kier alpha value is -1.69. The molecular formula is C11H14N2O. The summed E-state index contributed by atoms with van der Waals surface area (Å²) in [4.78, 5) is 4.20. The van der Waals surface area contributed by atoms with E-state index in [0.29, 0.717) is 5.88 Å². The summed E-state index contributed by atoms with van der Waals surface area (Å²) in [5, 5.41) is 3.13. The SMILES string of the molecule is C#CC(CC)Nc1cccc(OC)n1. The first kappa shape index (κ1) is 10.4. The molecular weight excluding hydrogens is 176 g/mol. The molecule has 1 aromatic rings. The van der Waals surface area contributed by atoms with Gasteiger partial charge in [0.1, 0.15) is 5.82 Å². The quantitative estimate of drug-likeness (QED) is 0.736. The molecule has 0 bridgehead atoms. The predicted molar refractivity (Wildman–Crippen MR) is 57.3 cm³/mol. The highest BCUT2D eigenvalue weighted by Crippen LogP contribution is 2.11. The number of anilines is 1. The van der Waals surface area contributed by atoms with Crippen LogP contribution in [0.15, 0.2) is 18.2 Å². The van der Waals surface area contributed by atoms with Crippen molar-refractivity contribution in [3.05, 3.63) is 18.2 Å². The summed E-state index contributed by atoms with van der Waals surface area (Å²) in [6, 6.07) is 5.55. The van der Waals surface area contributed by atoms with Crippen molar-refractivity contribution >= 4 is 5.82 Å². The molecule has 0 saturated heterocycles. The Morgan fingerprint density at radius 1 is 1.64 bits per heavy atom. The number of terminal acetylenes is 1. The van der Waals surface area contributed by atoms with Gasteiger partial charge in [-0.2, -0.15) is 4.98 Å². The highest BCUT2D eigenvalue weighted by atomic mass is 16.5. The van der Waals surface area contributed by atoms with Crippen LogP contribution in [-0.4, -0.2) is 18.1 Å². The summed E-state index contributed by atoms with van der Waals surface area (Å²) in [5.74, 6) is 3.98. The van der Waals surface area contributed by atoms with E-state index >= 15 is 0 Å². The topological polar surface area (TPSA) is 34.1 Å². The third kappa shape index (κ3) is 2.67. The summed E-state index contributed by atoms with van der Waals surface area (Å²) in [6.45, 7) is 2.03. The monoisotopic (exact) mass is 190 g/mol. The molecule has 0 amide bonds. The van der Waals surface area contributed by atoms with Gasteiger partial charge in [0.15, 0.2) is 0 Å². The van der Waals surface area contributed by atoms with E-state index in [1.165, 1.54) is 0 Å². The van der Waals surface area contributed by atoms with Crippen LogP contribution in [0.4, 0.5) is 5.82 Å². The first-order valence-electron chi connectivity index (χ1n) is 4.53. The predicted octanol–water partition coefficient (Wildman–Crippen LogP) is 1.91. The number of hydrogen-bond acceptors (Lipinski definition) is 3. The van der Waals surface area contributed by atoms with E-state index in [0.717, 1.165) is 12.2 Å². The van der Waals surface area contributed by atoms with Crippen molar-refractivity contribution in [2.24, 2.45) is 0 Å². The Morgan fingerprint density at radius 3 is 3.00 bits per heavy atom. The average Bonchev–Trinajstić information content (AvgIpc) is 2.26. The second-order valence-electron chi connectivity index (χ2n) is 2.84. The van der Waals surface area contributed by atoms with Gasteiger partial charge in [0.2, 0.25) is 5.88 Å². The van der Waals surface area contributed by atoms with Crippen LogP contribution in [-0.2, 0) is 0 Å². The van der Waals surface area contributed by atoms with Gasteiger partial charge in [-0.15, -0.1) is 6.42 Å². The molecule has 0 fully saturated rings. The average molecular weight is 190 g/mol. The van der Waals surface area contributed by atoms with E-state index in [4.69, 9.17) is 11.2 Å². The molecule has 1 unspecified atom stereocenters. The van der Waals surface area contributed by atoms with Crippen LogP contribution >= 0.6 is 0 Å². The van der Waals surface area contributed by atoms with Gasteiger partial charge in [0.25, 0.3) is 0 Å². The van der Waals surface area contributed by atoms with Crippen molar-refractivity contribution in [2.45, 2.75) is 19.4 Å². The number of ether oxygens (including phenoxy) is 1. The van der Waals surface area contributed by atoms with E-state index in [1.54, 1.807) is 13.2 Å². The number of aromatic nitrogens is 1. The summed E-state index contributed by atoms with van der Waals surface area (Å²) in [7, 11) is 1.59. The van der Waals surface area contributed by atoms with Crippen molar-refractivity contribution in [1.29, 1.82) is 0 Å². The van der Waals surface area contributed by atoms with Gasteiger partial charge in [-0.3, -0.25) is 0 Å². The fourth-order valence-electron chi connectivity index (χ4n) is 1.05. The van der Waals surface area contributed by atoms with E-state index in [-0.39, 0.29) is 6.04 Å². The fourth-order valence-corrected chi connectivity index (χ4v) is 1.05. The lowest BCUT2D eigenvalue weighted by molar-refractivity contribution is 0.398. The maximum Gasteiger partial charge on any atom is 0.214 e. The van der Waals surface area contributed by atoms with Gasteiger partial charge >= 0.3 is 0 Å². The van der Waals surface area contributed by atoms with Crippen LogP contribution in [0.25, 0.3) is 0 Å². The maximum absolute atomic E-state index is 5.33. The molecule has 0 radical (unpaired) electrons. The fraction of sp³-hybridized carbons (Fsp3) is 0.364. The Balaban J connectivity index is 2.71. The van der Waals surface area contributed by atoms with Gasteiger partial charge in [0, 0.05) is 6.07 Å². The number of rotatable bonds is 4. The van der Waals surface area contributed by atoms with Crippen LogP contribution in [0.1, 0.15) is 13.3 Å². The Bertz CT molecular complexity index is 330. The molecule has 1 N–H and O–H groups in total. The Morgan fingerprint density at radius 2 is 2.43 bits per heavy atom. The van der Waals surface area contributed by atoms with Gasteiger partial charge in [-0.05, 0) is 12.5 Å². The number of nitrogens with zero attached hydrogens (tertiary/aromatic N) is 1. The lowest BCUT2D eigenvalue weighted by Crippen LogP contribution is -2.16. The van der Waals surface area contributed by atoms with Crippen LogP contribution in [0.3, 0.4) is 0 Å². The third-order valence-corrected chi connectivity index (χ3v) is 1.86. The zero-order valence-electron chi connectivity index (χ0n) is 8.45. The number of hydrogen-bond donors (Lipinski definition) is 1. The van der Waals surface area contributed by atoms with E-state index in [1.807, 2.05) is 19.1 Å². The first-order valence-corrected chi connectivity index (χ1v) is 4.53. The minimum Gasteiger partial charge on any atom is -0.481 e. The molecule has 3 heteroatoms. The smallest absolute Gasteiger partial charge is 0.214 e. The Kier molecular flexibility index (Phi) is 3.81. The molecule has 14 heavy (non-hydrogen) atoms. The zero-order chi connectivity index (χ0) is 10.4. The van der Waals surface area contributed by atoms with Crippen LogP contribution in [0.2, 0.25) is 0 Å². The molecule has 1 aromatic heterocycles. The molecule has 74 valence electrons. The first-order chi connectivity index (χ1) is 6.80. The van der Waals surface area contributed by atoms with Gasteiger partial charge < -0.3 is 10.1 Å². The Labute approximate surface area is 84.5 Å². The van der Waals surface area contributed by atoms with Crippen molar-refractivity contribution < 1.29 is 4.74 Å². The second-order valence-corrected chi connectivity index (χ2v) is 2.84. The molecule has 0 saturated carbocycles. The summed E-state index contributed by atoms with van der Waals surface area (Å²) < 4.78 is 5.00. The van der Waals surface area contributed by atoms with Crippen molar-refractivity contribution in [1.82, 2.24) is 4.98 Å². The number of nitrogens with one attached hydrogen (secondary N) is 1. The van der Waals surface area contributed by atoms with Crippen LogP contribution < -0.4 is 10.1 Å². The summed E-state index contributed by atoms with van der Waals surface area (Å²) in [6.07, 6.45) is 6.20. The van der Waals surface area contributed by atoms with Gasteiger partial charge in [0.05, 0.1) is 13.2 Å². The molecule has 0 aromatic carbocycles. The van der Waals surface area contributed by atoms with Gasteiger partial charge in [-0.1, -0.05) is 18.9 Å². The molecule has 0 aliphatic heterocycles. The maximum atomic E-state index is 5.33. The number of methoxy groups -OCH3 is 1. The summed E-state index contributed by atoms with van der Waals surface area (Å²) >= 11 is 0. The normalized spacial score (nSPS) is 11.5. The molecule has 3 nitrogen and oxygen atoms in total. The summed E-state index contributed by atoms with van der Waals surface area (Å²) in [5.41, 5.74) is 0. The van der Waals surface area contributed by atoms with Crippen LogP contribution in [0.5, 0.6) is 5.88 Å². The van der Waals surface area contributed by atoms with Crippen molar-refractivity contribution in [3.63, 3.8) is 0 Å². The van der Waals surface area contributed by atoms with E-state index in [9.17, 15) is 0 Å². The van der Waals surface area contributed by atoms with Crippen molar-refractivity contribution in [2.75, 3.05) is 12.4 Å². The largest absolute Gasteiger partial charge is 0.481 e. The third-order valence-electron chi connectivity index (χ3n) is 1.86. The van der Waals surface area contributed by atoms with Crippen molar-refractivity contribution in [3.8, 4) is 18.2 Å². The lowest BCUT2D eigenvalue weighted by atomic mass is 10.2. The van der Waals surface area contributed by atoms with E-state index < -0.39 is 0 Å². The zero-order valence-corrected chi connectivity index (χ0v) is 8.45. The highest BCUT2D eigenvalue weighted by molar-refractivity contribution is 5.39. The highest BCUT2D eigenvalue weighted by Gasteiger charge is 2.02. The molecule has 0 spiro atoms. The minimum absolute atomic E-state index is 0.0228. The van der Waals surface area contributed by atoms with Gasteiger partial charge in [-0.25, -0.2) is 0 Å².